The Hall–Kier alpha value is -2.56. The molecule has 114 valence electrons. The number of carboxylic acid groups (broad SMARTS) is 1. The zero-order valence-electron chi connectivity index (χ0n) is 12.1. The van der Waals surface area contributed by atoms with E-state index in [1.807, 2.05) is 24.3 Å². The van der Waals surface area contributed by atoms with Crippen molar-refractivity contribution >= 4 is 12.0 Å². The normalized spacial score (nSPS) is 14.4. The summed E-state index contributed by atoms with van der Waals surface area (Å²) in [4.78, 5) is 15.4. The highest BCUT2D eigenvalue weighted by atomic mass is 16.5. The molecule has 0 fully saturated rings. The van der Waals surface area contributed by atoms with Gasteiger partial charge in [-0.25, -0.2) is 9.78 Å². The number of aryl methyl sites for hydroxylation is 1. The van der Waals surface area contributed by atoms with Crippen molar-refractivity contribution < 1.29 is 19.1 Å². The van der Waals surface area contributed by atoms with Crippen LogP contribution >= 0.6 is 0 Å². The molecule has 3 rings (SSSR count). The summed E-state index contributed by atoms with van der Waals surface area (Å²) in [6, 6.07) is 5.73. The summed E-state index contributed by atoms with van der Waals surface area (Å²) < 4.78 is 10.9. The van der Waals surface area contributed by atoms with Gasteiger partial charge in [0.1, 0.15) is 12.0 Å². The highest BCUT2D eigenvalue weighted by Crippen LogP contribution is 2.29. The molecule has 1 N–H and O–H groups in total. The molecule has 1 aliphatic carbocycles. The number of fused-ring (bicyclic) bond motifs is 1. The molecule has 0 saturated heterocycles. The fourth-order valence-corrected chi connectivity index (χ4v) is 2.57. The van der Waals surface area contributed by atoms with E-state index in [1.165, 1.54) is 6.26 Å². The Kier molecular flexibility index (Phi) is 4.23. The van der Waals surface area contributed by atoms with Crippen molar-refractivity contribution in [3.8, 4) is 5.75 Å². The molecule has 0 radical (unpaired) electrons. The van der Waals surface area contributed by atoms with Gasteiger partial charge in [0.25, 0.3) is 0 Å². The molecule has 1 aliphatic rings. The van der Waals surface area contributed by atoms with Crippen LogP contribution in [0.2, 0.25) is 0 Å². The van der Waals surface area contributed by atoms with Crippen LogP contribution in [-0.2, 0) is 17.6 Å². The van der Waals surface area contributed by atoms with E-state index >= 15 is 0 Å². The summed E-state index contributed by atoms with van der Waals surface area (Å²) in [5.41, 5.74) is 2.17. The van der Waals surface area contributed by atoms with E-state index in [9.17, 15) is 9.90 Å². The Balaban J connectivity index is 1.74. The first-order valence-corrected chi connectivity index (χ1v) is 7.30. The minimum absolute atomic E-state index is 0.315. The van der Waals surface area contributed by atoms with Gasteiger partial charge in [-0.15, -0.1) is 0 Å². The van der Waals surface area contributed by atoms with Crippen LogP contribution in [0, 0.1) is 0 Å². The monoisotopic (exact) mass is 299 g/mol. The molecule has 0 spiro atoms. The number of nitrogens with zero attached hydrogens (tertiary/aromatic N) is 1. The molecule has 5 heteroatoms. The van der Waals surface area contributed by atoms with Crippen molar-refractivity contribution in [2.45, 2.75) is 31.8 Å². The summed E-state index contributed by atoms with van der Waals surface area (Å²) in [6.07, 6.45) is 8.84. The van der Waals surface area contributed by atoms with Crippen LogP contribution in [0.5, 0.6) is 5.75 Å². The second kappa shape index (κ2) is 6.47. The lowest BCUT2D eigenvalue weighted by atomic mass is 9.96. The molecule has 1 unspecified atom stereocenters. The lowest BCUT2D eigenvalue weighted by Gasteiger charge is -2.20. The van der Waals surface area contributed by atoms with E-state index in [2.05, 4.69) is 11.1 Å². The first-order valence-electron chi connectivity index (χ1n) is 7.30. The maximum Gasteiger partial charge on any atom is 0.344 e. The number of carboxylic acids is 1. The quantitative estimate of drug-likeness (QED) is 0.887. The van der Waals surface area contributed by atoms with Crippen LogP contribution in [0.3, 0.4) is 0 Å². The first-order chi connectivity index (χ1) is 10.7. The lowest BCUT2D eigenvalue weighted by molar-refractivity contribution is -0.145. The van der Waals surface area contributed by atoms with E-state index in [1.54, 1.807) is 6.20 Å². The van der Waals surface area contributed by atoms with Crippen molar-refractivity contribution in [1.29, 1.82) is 0 Å². The smallest absolute Gasteiger partial charge is 0.344 e. The Morgan fingerprint density at radius 2 is 2.36 bits per heavy atom. The van der Waals surface area contributed by atoms with Crippen LogP contribution in [0.25, 0.3) is 6.08 Å². The van der Waals surface area contributed by atoms with E-state index in [0.29, 0.717) is 24.5 Å². The number of aliphatic carboxylic acids is 1. The van der Waals surface area contributed by atoms with Gasteiger partial charge >= 0.3 is 5.97 Å². The Labute approximate surface area is 128 Å². The highest BCUT2D eigenvalue weighted by molar-refractivity contribution is 5.73. The number of carbonyl (C=O) groups is 1. The Morgan fingerprint density at radius 1 is 1.45 bits per heavy atom. The molecule has 0 amide bonds. The average molecular weight is 299 g/mol. The highest BCUT2D eigenvalue weighted by Gasteiger charge is 2.22. The second-order valence-electron chi connectivity index (χ2n) is 5.17. The van der Waals surface area contributed by atoms with Crippen LogP contribution in [0.15, 0.2) is 41.2 Å². The van der Waals surface area contributed by atoms with Crippen molar-refractivity contribution in [2.24, 2.45) is 0 Å². The SMILES string of the molecule is O=C(O)C(CCc1ncco1)Oc1cccc2c1CCC=C2. The van der Waals surface area contributed by atoms with E-state index in [0.717, 1.165) is 24.0 Å². The molecule has 5 nitrogen and oxygen atoms in total. The number of hydrogen-bond donors (Lipinski definition) is 1. The van der Waals surface area contributed by atoms with Crippen molar-refractivity contribution in [3.05, 3.63) is 53.8 Å². The zero-order chi connectivity index (χ0) is 15.4. The molecular weight excluding hydrogens is 282 g/mol. The van der Waals surface area contributed by atoms with Crippen molar-refractivity contribution in [3.63, 3.8) is 0 Å². The predicted molar refractivity (Wildman–Crippen MR) is 80.7 cm³/mol. The van der Waals surface area contributed by atoms with Crippen LogP contribution < -0.4 is 4.74 Å². The Morgan fingerprint density at radius 3 is 3.14 bits per heavy atom. The number of ether oxygens (including phenoxy) is 1. The predicted octanol–water partition coefficient (Wildman–Crippen LogP) is 3.10. The van der Waals surface area contributed by atoms with Crippen LogP contribution in [-0.4, -0.2) is 22.2 Å². The van der Waals surface area contributed by atoms with E-state index in [-0.39, 0.29) is 0 Å². The molecule has 22 heavy (non-hydrogen) atoms. The fourth-order valence-electron chi connectivity index (χ4n) is 2.57. The Bertz CT molecular complexity index is 676. The van der Waals surface area contributed by atoms with Gasteiger partial charge in [0.2, 0.25) is 0 Å². The first kappa shape index (κ1) is 14.4. The van der Waals surface area contributed by atoms with Gasteiger partial charge in [-0.1, -0.05) is 24.3 Å². The topological polar surface area (TPSA) is 72.6 Å². The van der Waals surface area contributed by atoms with E-state index in [4.69, 9.17) is 9.15 Å². The fraction of sp³-hybridized carbons (Fsp3) is 0.294. The molecule has 1 atom stereocenters. The van der Waals surface area contributed by atoms with Gasteiger partial charge in [0.15, 0.2) is 12.0 Å². The summed E-state index contributed by atoms with van der Waals surface area (Å²) in [6.45, 7) is 0. The molecule has 0 aliphatic heterocycles. The van der Waals surface area contributed by atoms with Crippen LogP contribution in [0.1, 0.15) is 29.9 Å². The van der Waals surface area contributed by atoms with Gasteiger partial charge in [-0.3, -0.25) is 0 Å². The third-order valence-electron chi connectivity index (χ3n) is 3.68. The average Bonchev–Trinajstić information content (AvgIpc) is 3.04. The standard InChI is InChI=1S/C17H17NO4/c19-17(20)15(8-9-16-18-10-11-21-16)22-14-7-3-5-12-4-1-2-6-13(12)14/h1,3-5,7,10-11,15H,2,6,8-9H2,(H,19,20). The molecular formula is C17H17NO4. The molecule has 1 aromatic carbocycles. The maximum atomic E-state index is 11.4. The van der Waals surface area contributed by atoms with Gasteiger partial charge < -0.3 is 14.3 Å². The largest absolute Gasteiger partial charge is 0.479 e. The van der Waals surface area contributed by atoms with Gasteiger partial charge in [-0.2, -0.15) is 0 Å². The zero-order valence-corrected chi connectivity index (χ0v) is 12.1. The number of hydrogen-bond acceptors (Lipinski definition) is 4. The number of oxazole rings is 1. The third-order valence-corrected chi connectivity index (χ3v) is 3.68. The van der Waals surface area contributed by atoms with Crippen molar-refractivity contribution in [2.75, 3.05) is 0 Å². The van der Waals surface area contributed by atoms with E-state index < -0.39 is 12.1 Å². The molecule has 0 saturated carbocycles. The summed E-state index contributed by atoms with van der Waals surface area (Å²) in [5, 5.41) is 9.38. The second-order valence-corrected chi connectivity index (χ2v) is 5.17. The number of allylic oxidation sites excluding steroid dienone is 1. The summed E-state index contributed by atoms with van der Waals surface area (Å²) in [7, 11) is 0. The van der Waals surface area contributed by atoms with Crippen molar-refractivity contribution in [1.82, 2.24) is 4.98 Å². The number of benzene rings is 1. The van der Waals surface area contributed by atoms with Gasteiger partial charge in [0, 0.05) is 18.4 Å². The minimum atomic E-state index is -0.976. The van der Waals surface area contributed by atoms with Gasteiger partial charge in [-0.05, 0) is 24.5 Å². The molecule has 1 heterocycles. The summed E-state index contributed by atoms with van der Waals surface area (Å²) in [5.74, 6) is 0.199. The lowest BCUT2D eigenvalue weighted by Crippen LogP contribution is -2.28. The molecule has 0 bridgehead atoms. The molecule has 1 aromatic heterocycles. The number of aromatic nitrogens is 1. The summed E-state index contributed by atoms with van der Waals surface area (Å²) >= 11 is 0. The number of rotatable bonds is 6. The maximum absolute atomic E-state index is 11.4. The minimum Gasteiger partial charge on any atom is -0.479 e. The van der Waals surface area contributed by atoms with Gasteiger partial charge in [0.05, 0.1) is 6.20 Å². The molecule has 2 aromatic rings. The third kappa shape index (κ3) is 3.19. The van der Waals surface area contributed by atoms with Crippen LogP contribution in [0.4, 0.5) is 0 Å².